The summed E-state index contributed by atoms with van der Waals surface area (Å²) >= 11 is 0. The van der Waals surface area contributed by atoms with Crippen molar-refractivity contribution in [1.29, 1.82) is 10.8 Å². The fourth-order valence-corrected chi connectivity index (χ4v) is 6.85. The van der Waals surface area contributed by atoms with E-state index in [0.717, 1.165) is 83.6 Å². The number of allylic oxidation sites excluding steroid dienone is 1. The van der Waals surface area contributed by atoms with E-state index in [1.807, 2.05) is 84.9 Å². The molecular formula is C47H31N5. The molecule has 0 saturated heterocycles. The van der Waals surface area contributed by atoms with Crippen LogP contribution in [0.25, 0.3) is 84.4 Å². The average Bonchev–Trinajstić information content (AvgIpc) is 3.22. The minimum absolute atomic E-state index is 0.185. The first-order valence-electron chi connectivity index (χ1n) is 17.2. The van der Waals surface area contributed by atoms with E-state index in [2.05, 4.69) is 84.9 Å². The van der Waals surface area contributed by atoms with Crippen LogP contribution in [0.5, 0.6) is 0 Å². The first kappa shape index (κ1) is 30.9. The molecule has 0 unspecified atom stereocenters. The predicted molar refractivity (Wildman–Crippen MR) is 214 cm³/mol. The van der Waals surface area contributed by atoms with Crippen LogP contribution in [-0.4, -0.2) is 26.4 Å². The van der Waals surface area contributed by atoms with E-state index >= 15 is 0 Å². The van der Waals surface area contributed by atoms with Crippen LogP contribution >= 0.6 is 0 Å². The highest BCUT2D eigenvalue weighted by Crippen LogP contribution is 2.36. The summed E-state index contributed by atoms with van der Waals surface area (Å²) in [5.41, 5.74) is 13.4. The van der Waals surface area contributed by atoms with Gasteiger partial charge in [0.15, 0.2) is 5.82 Å². The van der Waals surface area contributed by atoms with Gasteiger partial charge in [0.1, 0.15) is 0 Å². The molecule has 2 N–H and O–H groups in total. The van der Waals surface area contributed by atoms with Gasteiger partial charge in [-0.1, -0.05) is 152 Å². The minimum atomic E-state index is 0.185. The molecule has 1 aliphatic carbocycles. The van der Waals surface area contributed by atoms with Crippen molar-refractivity contribution in [2.75, 3.05) is 0 Å². The zero-order valence-corrected chi connectivity index (χ0v) is 28.1. The lowest BCUT2D eigenvalue weighted by Crippen LogP contribution is -2.17. The monoisotopic (exact) mass is 665 g/mol. The second-order valence-electron chi connectivity index (χ2n) is 12.8. The van der Waals surface area contributed by atoms with Crippen LogP contribution in [0.1, 0.15) is 11.1 Å². The summed E-state index contributed by atoms with van der Waals surface area (Å²) in [7, 11) is 0. The van der Waals surface area contributed by atoms with E-state index in [1.165, 1.54) is 0 Å². The number of aromatic nitrogens is 3. The molecule has 0 fully saturated rings. The molecule has 5 heteroatoms. The molecule has 9 rings (SSSR count). The van der Waals surface area contributed by atoms with Crippen LogP contribution in [0.3, 0.4) is 0 Å². The normalized spacial score (nSPS) is 12.2. The lowest BCUT2D eigenvalue weighted by Gasteiger charge is -2.19. The number of nitrogens with zero attached hydrogens (tertiary/aromatic N) is 3. The second kappa shape index (κ2) is 13.0. The highest BCUT2D eigenvalue weighted by molar-refractivity contribution is 6.54. The van der Waals surface area contributed by atoms with E-state index in [0.29, 0.717) is 5.82 Å². The van der Waals surface area contributed by atoms with E-state index < -0.39 is 0 Å². The van der Waals surface area contributed by atoms with Crippen molar-refractivity contribution in [2.24, 2.45) is 0 Å². The number of nitrogens with one attached hydrogen (secondary N) is 2. The molecule has 2 heterocycles. The molecule has 52 heavy (non-hydrogen) atoms. The molecule has 0 atom stereocenters. The van der Waals surface area contributed by atoms with Gasteiger partial charge >= 0.3 is 0 Å². The van der Waals surface area contributed by atoms with Crippen LogP contribution in [-0.2, 0) is 0 Å². The van der Waals surface area contributed by atoms with Gasteiger partial charge in [-0.2, -0.15) is 0 Å². The third-order valence-corrected chi connectivity index (χ3v) is 9.57. The Morgan fingerprint density at radius 1 is 0.385 bits per heavy atom. The number of rotatable bonds is 6. The van der Waals surface area contributed by atoms with Gasteiger partial charge in [0.2, 0.25) is 0 Å². The summed E-state index contributed by atoms with van der Waals surface area (Å²) < 4.78 is 0. The molecule has 0 saturated carbocycles. The Kier molecular flexibility index (Phi) is 7.71. The Bertz CT molecular complexity index is 2560. The summed E-state index contributed by atoms with van der Waals surface area (Å²) in [6, 6.07) is 55.8. The molecule has 2 aromatic heterocycles. The Morgan fingerprint density at radius 2 is 0.865 bits per heavy atom. The Labute approximate surface area is 301 Å². The highest BCUT2D eigenvalue weighted by atomic mass is 14.9. The van der Waals surface area contributed by atoms with Gasteiger partial charge in [-0.3, -0.25) is 10.8 Å². The standard InChI is InChI=1S/C47H31N5/c48-40-27-26-39-44(45(40)49)38-25-24-37(28-43(38)50-46(39)35-14-8-3-9-15-35)42-29-41(34-20-16-32(17-21-34)30-10-4-1-5-11-30)51-47(52-42)36-22-18-33(19-23-36)31-12-6-2-7-13-31/h1-29,48-49H. The Balaban J connectivity index is 1.20. The number of hydrogen-bond donors (Lipinski definition) is 2. The summed E-state index contributed by atoms with van der Waals surface area (Å²) in [5.74, 6) is 0.628. The summed E-state index contributed by atoms with van der Waals surface area (Å²) in [6.45, 7) is 0. The molecule has 0 radical (unpaired) electrons. The molecule has 1 aliphatic rings. The lowest BCUT2D eigenvalue weighted by molar-refractivity contribution is 1.18. The van der Waals surface area contributed by atoms with E-state index in [-0.39, 0.29) is 11.4 Å². The molecule has 0 amide bonds. The third-order valence-electron chi connectivity index (χ3n) is 9.57. The summed E-state index contributed by atoms with van der Waals surface area (Å²) in [4.78, 5) is 15.4. The topological polar surface area (TPSA) is 86.4 Å². The Morgan fingerprint density at radius 3 is 1.46 bits per heavy atom. The summed E-state index contributed by atoms with van der Waals surface area (Å²) in [6.07, 6.45) is 3.59. The van der Waals surface area contributed by atoms with Crippen molar-refractivity contribution in [3.63, 3.8) is 0 Å². The van der Waals surface area contributed by atoms with E-state index in [1.54, 1.807) is 6.08 Å². The first-order valence-corrected chi connectivity index (χ1v) is 17.2. The van der Waals surface area contributed by atoms with Crippen molar-refractivity contribution in [3.8, 4) is 67.4 Å². The quantitative estimate of drug-likeness (QED) is 0.185. The van der Waals surface area contributed by atoms with Gasteiger partial charge in [0, 0.05) is 38.8 Å². The Hall–Kier alpha value is -7.11. The smallest absolute Gasteiger partial charge is 0.160 e. The minimum Gasteiger partial charge on any atom is -0.299 e. The molecule has 244 valence electrons. The molecule has 0 bridgehead atoms. The van der Waals surface area contributed by atoms with Gasteiger partial charge < -0.3 is 0 Å². The van der Waals surface area contributed by atoms with Crippen LogP contribution in [0, 0.1) is 10.8 Å². The van der Waals surface area contributed by atoms with Crippen LogP contribution in [0.2, 0.25) is 0 Å². The summed E-state index contributed by atoms with van der Waals surface area (Å²) in [5, 5.41) is 18.2. The molecule has 6 aromatic carbocycles. The number of hydrogen-bond acceptors (Lipinski definition) is 5. The fraction of sp³-hybridized carbons (Fsp3) is 0. The van der Waals surface area contributed by atoms with Crippen molar-refractivity contribution >= 4 is 28.4 Å². The van der Waals surface area contributed by atoms with Crippen molar-refractivity contribution in [2.45, 2.75) is 0 Å². The number of fused-ring (bicyclic) bond motifs is 3. The maximum Gasteiger partial charge on any atom is 0.160 e. The highest BCUT2D eigenvalue weighted by Gasteiger charge is 2.23. The first-order chi connectivity index (χ1) is 25.6. The van der Waals surface area contributed by atoms with Gasteiger partial charge in [-0.05, 0) is 46.5 Å². The molecule has 8 aromatic rings. The second-order valence-corrected chi connectivity index (χ2v) is 12.8. The third kappa shape index (κ3) is 5.70. The molecular weight excluding hydrogens is 635 g/mol. The maximum absolute atomic E-state index is 8.90. The van der Waals surface area contributed by atoms with Crippen LogP contribution < -0.4 is 0 Å². The van der Waals surface area contributed by atoms with Gasteiger partial charge in [-0.15, -0.1) is 0 Å². The van der Waals surface area contributed by atoms with Crippen molar-refractivity contribution < 1.29 is 0 Å². The SMILES string of the molecule is N=C1C=Cc2c(-c3ccccc3)nc3cc(-c4cc(-c5ccc(-c6ccccc6)cc5)nc(-c5ccc(-c6ccccc6)cc5)n4)ccc3c2C1=N. The molecule has 0 spiro atoms. The van der Waals surface area contributed by atoms with Crippen molar-refractivity contribution in [3.05, 3.63) is 181 Å². The fourth-order valence-electron chi connectivity index (χ4n) is 6.85. The average molecular weight is 666 g/mol. The molecule has 5 nitrogen and oxygen atoms in total. The lowest BCUT2D eigenvalue weighted by atomic mass is 9.87. The zero-order valence-electron chi connectivity index (χ0n) is 28.1. The van der Waals surface area contributed by atoms with Gasteiger partial charge in [0.05, 0.1) is 34.0 Å². The van der Waals surface area contributed by atoms with Crippen LogP contribution in [0.15, 0.2) is 170 Å². The largest absolute Gasteiger partial charge is 0.299 e. The van der Waals surface area contributed by atoms with E-state index in [4.69, 9.17) is 25.8 Å². The maximum atomic E-state index is 8.90. The van der Waals surface area contributed by atoms with Gasteiger partial charge in [-0.25, -0.2) is 15.0 Å². The molecule has 0 aliphatic heterocycles. The number of pyridine rings is 1. The van der Waals surface area contributed by atoms with E-state index in [9.17, 15) is 0 Å². The number of benzene rings is 6. The van der Waals surface area contributed by atoms with Gasteiger partial charge in [0.25, 0.3) is 0 Å². The van der Waals surface area contributed by atoms with Crippen LogP contribution in [0.4, 0.5) is 0 Å². The van der Waals surface area contributed by atoms with Crippen molar-refractivity contribution in [1.82, 2.24) is 15.0 Å². The predicted octanol–water partition coefficient (Wildman–Crippen LogP) is 11.4. The zero-order chi connectivity index (χ0) is 35.0.